The van der Waals surface area contributed by atoms with Crippen LogP contribution in [0.5, 0.6) is 0 Å². The van der Waals surface area contributed by atoms with Crippen LogP contribution in [0.4, 0.5) is 5.82 Å². The summed E-state index contributed by atoms with van der Waals surface area (Å²) in [6.07, 6.45) is 2.75. The Balaban J connectivity index is 2.24. The molecule has 0 amide bonds. The number of aryl methyl sites for hydroxylation is 2. The van der Waals surface area contributed by atoms with Crippen molar-refractivity contribution < 1.29 is 0 Å². The van der Waals surface area contributed by atoms with Gasteiger partial charge in [0.05, 0.1) is 11.4 Å². The minimum absolute atomic E-state index is 0.684. The zero-order valence-corrected chi connectivity index (χ0v) is 12.2. The van der Waals surface area contributed by atoms with Gasteiger partial charge in [0.25, 0.3) is 0 Å². The first-order valence-corrected chi connectivity index (χ1v) is 7.00. The Morgan fingerprint density at radius 3 is 2.60 bits per heavy atom. The quantitative estimate of drug-likeness (QED) is 0.876. The maximum atomic E-state index is 5.65. The average molecular weight is 270 g/mol. The molecule has 20 heavy (non-hydrogen) atoms. The Hall–Kier alpha value is -1.94. The van der Waals surface area contributed by atoms with Crippen molar-refractivity contribution in [2.75, 3.05) is 18.0 Å². The smallest absolute Gasteiger partial charge is 0.150 e. The molecule has 0 atom stereocenters. The van der Waals surface area contributed by atoms with E-state index in [2.05, 4.69) is 39.1 Å². The molecule has 0 radical (unpaired) electrons. The van der Waals surface area contributed by atoms with Crippen LogP contribution in [0.3, 0.4) is 0 Å². The van der Waals surface area contributed by atoms with Gasteiger partial charge >= 0.3 is 0 Å². The molecular formula is C16H22N4. The molecule has 2 N–H and O–H groups in total. The molecule has 0 saturated heterocycles. The normalized spacial score (nSPS) is 10.6. The molecule has 0 aliphatic heterocycles. The summed E-state index contributed by atoms with van der Waals surface area (Å²) in [5.74, 6) is 0.960. The zero-order chi connectivity index (χ0) is 14.4. The van der Waals surface area contributed by atoms with E-state index < -0.39 is 0 Å². The first-order valence-electron chi connectivity index (χ1n) is 7.00. The maximum Gasteiger partial charge on any atom is 0.150 e. The van der Waals surface area contributed by atoms with Crippen LogP contribution in [-0.2, 0) is 6.54 Å². The third kappa shape index (κ3) is 3.78. The lowest BCUT2D eigenvalue weighted by Gasteiger charge is -2.25. The minimum atomic E-state index is 0.684. The van der Waals surface area contributed by atoms with Crippen molar-refractivity contribution in [2.45, 2.75) is 26.8 Å². The van der Waals surface area contributed by atoms with Crippen molar-refractivity contribution in [1.82, 2.24) is 9.97 Å². The lowest BCUT2D eigenvalue weighted by Crippen LogP contribution is -2.27. The summed E-state index contributed by atoms with van der Waals surface area (Å²) in [7, 11) is 0. The second kappa shape index (κ2) is 7.01. The molecule has 0 saturated carbocycles. The molecular weight excluding hydrogens is 248 g/mol. The van der Waals surface area contributed by atoms with E-state index in [-0.39, 0.29) is 0 Å². The van der Waals surface area contributed by atoms with Gasteiger partial charge in [-0.05, 0) is 32.4 Å². The van der Waals surface area contributed by atoms with Crippen LogP contribution in [0.25, 0.3) is 0 Å². The van der Waals surface area contributed by atoms with Crippen molar-refractivity contribution in [1.29, 1.82) is 0 Å². The Morgan fingerprint density at radius 2 is 1.90 bits per heavy atom. The summed E-state index contributed by atoms with van der Waals surface area (Å²) in [5, 5.41) is 0. The zero-order valence-electron chi connectivity index (χ0n) is 12.2. The highest BCUT2D eigenvalue weighted by molar-refractivity contribution is 5.44. The highest BCUT2D eigenvalue weighted by Gasteiger charge is 2.12. The summed E-state index contributed by atoms with van der Waals surface area (Å²) in [6, 6.07) is 10.4. The fourth-order valence-electron chi connectivity index (χ4n) is 2.17. The standard InChI is InChI=1S/C16H22N4/c1-13-11-18-14(2)16(19-13)20(10-6-9-17)12-15-7-4-3-5-8-15/h3-5,7-8,11H,6,9-10,12,17H2,1-2H3. The number of aromatic nitrogens is 2. The fourth-order valence-corrected chi connectivity index (χ4v) is 2.17. The molecule has 4 nitrogen and oxygen atoms in total. The van der Waals surface area contributed by atoms with E-state index in [1.165, 1.54) is 5.56 Å². The third-order valence-electron chi connectivity index (χ3n) is 3.20. The van der Waals surface area contributed by atoms with Gasteiger partial charge in [0.1, 0.15) is 0 Å². The molecule has 0 spiro atoms. The summed E-state index contributed by atoms with van der Waals surface area (Å²) in [6.45, 7) is 6.38. The van der Waals surface area contributed by atoms with E-state index in [4.69, 9.17) is 5.73 Å². The van der Waals surface area contributed by atoms with Crippen LogP contribution >= 0.6 is 0 Å². The number of hydrogen-bond donors (Lipinski definition) is 1. The molecule has 0 aliphatic rings. The average Bonchev–Trinajstić information content (AvgIpc) is 2.47. The lowest BCUT2D eigenvalue weighted by molar-refractivity contribution is 0.718. The molecule has 0 bridgehead atoms. The van der Waals surface area contributed by atoms with E-state index >= 15 is 0 Å². The lowest BCUT2D eigenvalue weighted by atomic mass is 10.2. The van der Waals surface area contributed by atoms with Gasteiger partial charge in [0.2, 0.25) is 0 Å². The Kier molecular flexibility index (Phi) is 5.07. The van der Waals surface area contributed by atoms with Crippen LogP contribution in [0.2, 0.25) is 0 Å². The maximum absolute atomic E-state index is 5.65. The van der Waals surface area contributed by atoms with Gasteiger partial charge in [-0.25, -0.2) is 4.98 Å². The van der Waals surface area contributed by atoms with Gasteiger partial charge < -0.3 is 10.6 Å². The molecule has 1 aromatic carbocycles. The van der Waals surface area contributed by atoms with Gasteiger partial charge in [-0.2, -0.15) is 0 Å². The monoisotopic (exact) mass is 270 g/mol. The highest BCUT2D eigenvalue weighted by atomic mass is 15.2. The highest BCUT2D eigenvalue weighted by Crippen LogP contribution is 2.18. The SMILES string of the molecule is Cc1cnc(C)c(N(CCCN)Cc2ccccc2)n1. The van der Waals surface area contributed by atoms with Crippen LogP contribution in [0.15, 0.2) is 36.5 Å². The number of nitrogens with two attached hydrogens (primary N) is 1. The summed E-state index contributed by atoms with van der Waals surface area (Å²) >= 11 is 0. The van der Waals surface area contributed by atoms with E-state index in [0.717, 1.165) is 36.7 Å². The number of rotatable bonds is 6. The van der Waals surface area contributed by atoms with Gasteiger partial charge in [-0.15, -0.1) is 0 Å². The van der Waals surface area contributed by atoms with Gasteiger partial charge in [0.15, 0.2) is 5.82 Å². The van der Waals surface area contributed by atoms with Crippen LogP contribution < -0.4 is 10.6 Å². The van der Waals surface area contributed by atoms with Gasteiger partial charge in [0, 0.05) is 19.3 Å². The number of hydrogen-bond acceptors (Lipinski definition) is 4. The van der Waals surface area contributed by atoms with Crippen molar-refractivity contribution in [3.05, 3.63) is 53.5 Å². The predicted molar refractivity (Wildman–Crippen MR) is 82.7 cm³/mol. The second-order valence-electron chi connectivity index (χ2n) is 4.97. The largest absolute Gasteiger partial charge is 0.351 e. The van der Waals surface area contributed by atoms with Crippen molar-refractivity contribution >= 4 is 5.82 Å². The van der Waals surface area contributed by atoms with E-state index in [1.807, 2.05) is 26.1 Å². The van der Waals surface area contributed by atoms with Crippen LogP contribution in [-0.4, -0.2) is 23.1 Å². The molecule has 0 unspecified atom stereocenters. The fraction of sp³-hybridized carbons (Fsp3) is 0.375. The predicted octanol–water partition coefficient (Wildman–Crippen LogP) is 2.45. The second-order valence-corrected chi connectivity index (χ2v) is 4.97. The van der Waals surface area contributed by atoms with E-state index in [9.17, 15) is 0 Å². The molecule has 2 aromatic rings. The Morgan fingerprint density at radius 1 is 1.15 bits per heavy atom. The summed E-state index contributed by atoms with van der Waals surface area (Å²) < 4.78 is 0. The van der Waals surface area contributed by atoms with E-state index in [1.54, 1.807) is 0 Å². The van der Waals surface area contributed by atoms with Crippen LogP contribution in [0.1, 0.15) is 23.4 Å². The summed E-state index contributed by atoms with van der Waals surface area (Å²) in [4.78, 5) is 11.3. The Labute approximate surface area is 120 Å². The van der Waals surface area contributed by atoms with Crippen molar-refractivity contribution in [2.24, 2.45) is 5.73 Å². The van der Waals surface area contributed by atoms with Gasteiger partial charge in [-0.1, -0.05) is 30.3 Å². The minimum Gasteiger partial charge on any atom is -0.351 e. The number of benzene rings is 1. The van der Waals surface area contributed by atoms with Crippen molar-refractivity contribution in [3.8, 4) is 0 Å². The van der Waals surface area contributed by atoms with Crippen molar-refractivity contribution in [3.63, 3.8) is 0 Å². The molecule has 4 heteroatoms. The molecule has 1 heterocycles. The molecule has 0 fully saturated rings. The number of nitrogens with zero attached hydrogens (tertiary/aromatic N) is 3. The molecule has 106 valence electrons. The van der Waals surface area contributed by atoms with E-state index in [0.29, 0.717) is 6.54 Å². The molecule has 0 aliphatic carbocycles. The summed E-state index contributed by atoms with van der Waals surface area (Å²) in [5.41, 5.74) is 8.83. The first kappa shape index (κ1) is 14.5. The topological polar surface area (TPSA) is 55.0 Å². The number of anilines is 1. The molecule has 1 aromatic heterocycles. The first-order chi connectivity index (χ1) is 9.70. The van der Waals surface area contributed by atoms with Crippen LogP contribution in [0, 0.1) is 13.8 Å². The third-order valence-corrected chi connectivity index (χ3v) is 3.20. The van der Waals surface area contributed by atoms with Gasteiger partial charge in [-0.3, -0.25) is 4.98 Å². The Bertz CT molecular complexity index is 539. The molecule has 2 rings (SSSR count).